The number of benzene rings is 1. The van der Waals surface area contributed by atoms with Crippen molar-refractivity contribution in [1.82, 2.24) is 0 Å². The number of Topliss-reactive ketones (excluding diaryl/α,β-unsaturated/α-hetero) is 1. The lowest BCUT2D eigenvalue weighted by molar-refractivity contribution is -0.507. The fourth-order valence-corrected chi connectivity index (χ4v) is 1.57. The highest BCUT2D eigenvalue weighted by molar-refractivity contribution is 5.82. The van der Waals surface area contributed by atoms with E-state index in [2.05, 4.69) is 0 Å². The van der Waals surface area contributed by atoms with Gasteiger partial charge in [0, 0.05) is 17.8 Å². The van der Waals surface area contributed by atoms with Gasteiger partial charge in [-0.1, -0.05) is 37.3 Å². The van der Waals surface area contributed by atoms with E-state index < -0.39 is 11.0 Å². The molecular weight excluding hydrogens is 206 g/mol. The first kappa shape index (κ1) is 12.4. The molecule has 4 nitrogen and oxygen atoms in total. The van der Waals surface area contributed by atoms with Crippen molar-refractivity contribution < 1.29 is 9.72 Å². The first-order valence-electron chi connectivity index (χ1n) is 5.35. The molecule has 0 aliphatic carbocycles. The lowest BCUT2D eigenvalue weighted by Crippen LogP contribution is -2.28. The summed E-state index contributed by atoms with van der Waals surface area (Å²) < 4.78 is 0. The Balaban J connectivity index is 2.49. The Kier molecular flexibility index (Phi) is 4.64. The van der Waals surface area contributed by atoms with Crippen LogP contribution in [0.4, 0.5) is 0 Å². The summed E-state index contributed by atoms with van der Waals surface area (Å²) >= 11 is 0. The van der Waals surface area contributed by atoms with E-state index in [0.717, 1.165) is 5.56 Å². The summed E-state index contributed by atoms with van der Waals surface area (Å²) in [6, 6.07) is 8.48. The van der Waals surface area contributed by atoms with Crippen LogP contribution in [0.5, 0.6) is 0 Å². The Morgan fingerprint density at radius 1 is 1.38 bits per heavy atom. The zero-order valence-electron chi connectivity index (χ0n) is 9.26. The van der Waals surface area contributed by atoms with Crippen LogP contribution in [-0.2, 0) is 11.2 Å². The molecule has 0 spiro atoms. The van der Waals surface area contributed by atoms with Crippen LogP contribution in [0.15, 0.2) is 30.3 Å². The van der Waals surface area contributed by atoms with Gasteiger partial charge in [0.05, 0.1) is 0 Å². The minimum Gasteiger partial charge on any atom is -0.292 e. The van der Waals surface area contributed by atoms with Gasteiger partial charge in [-0.3, -0.25) is 14.9 Å². The molecule has 1 unspecified atom stereocenters. The smallest absolute Gasteiger partial charge is 0.270 e. The number of aryl methyl sites for hydroxylation is 1. The number of hydrogen-bond acceptors (Lipinski definition) is 3. The third-order valence-corrected chi connectivity index (χ3v) is 2.52. The normalized spacial score (nSPS) is 12.1. The van der Waals surface area contributed by atoms with Gasteiger partial charge < -0.3 is 0 Å². The van der Waals surface area contributed by atoms with Crippen LogP contribution in [0.1, 0.15) is 25.3 Å². The maximum atomic E-state index is 11.5. The summed E-state index contributed by atoms with van der Waals surface area (Å²) in [4.78, 5) is 21.6. The van der Waals surface area contributed by atoms with Gasteiger partial charge in [-0.2, -0.15) is 0 Å². The molecule has 86 valence electrons. The molecule has 1 aromatic carbocycles. The van der Waals surface area contributed by atoms with Crippen LogP contribution in [0.3, 0.4) is 0 Å². The highest BCUT2D eigenvalue weighted by Gasteiger charge is 2.26. The maximum Gasteiger partial charge on any atom is 0.270 e. The van der Waals surface area contributed by atoms with E-state index in [9.17, 15) is 14.9 Å². The van der Waals surface area contributed by atoms with Crippen molar-refractivity contribution in [3.05, 3.63) is 46.0 Å². The van der Waals surface area contributed by atoms with Gasteiger partial charge in [-0.15, -0.1) is 0 Å². The fraction of sp³-hybridized carbons (Fsp3) is 0.417. The highest BCUT2D eigenvalue weighted by atomic mass is 16.6. The van der Waals surface area contributed by atoms with Gasteiger partial charge in [0.1, 0.15) is 0 Å². The van der Waals surface area contributed by atoms with E-state index in [4.69, 9.17) is 0 Å². The van der Waals surface area contributed by atoms with Gasteiger partial charge in [0.25, 0.3) is 6.04 Å². The van der Waals surface area contributed by atoms with Crippen LogP contribution in [-0.4, -0.2) is 16.7 Å². The van der Waals surface area contributed by atoms with Gasteiger partial charge >= 0.3 is 0 Å². The second-order valence-corrected chi connectivity index (χ2v) is 3.66. The first-order chi connectivity index (χ1) is 7.65. The van der Waals surface area contributed by atoms with E-state index in [1.807, 2.05) is 30.3 Å². The van der Waals surface area contributed by atoms with Crippen molar-refractivity contribution in [2.75, 3.05) is 0 Å². The van der Waals surface area contributed by atoms with E-state index in [0.29, 0.717) is 6.42 Å². The molecule has 1 aromatic rings. The monoisotopic (exact) mass is 221 g/mol. The molecule has 1 atom stereocenters. The molecule has 0 amide bonds. The lowest BCUT2D eigenvalue weighted by atomic mass is 10.0. The zero-order chi connectivity index (χ0) is 12.0. The number of carbonyl (C=O) groups excluding carboxylic acids is 1. The van der Waals surface area contributed by atoms with Gasteiger partial charge in [-0.25, -0.2) is 0 Å². The molecule has 0 N–H and O–H groups in total. The lowest BCUT2D eigenvalue weighted by Gasteiger charge is -2.05. The maximum absolute atomic E-state index is 11.5. The number of carbonyl (C=O) groups is 1. The van der Waals surface area contributed by atoms with E-state index in [1.165, 1.54) is 0 Å². The largest absolute Gasteiger partial charge is 0.292 e. The summed E-state index contributed by atoms with van der Waals surface area (Å²) in [5.74, 6) is -0.281. The molecule has 0 aromatic heterocycles. The topological polar surface area (TPSA) is 60.2 Å². The van der Waals surface area contributed by atoms with Crippen LogP contribution in [0, 0.1) is 10.1 Å². The summed E-state index contributed by atoms with van der Waals surface area (Å²) in [5.41, 5.74) is 1.04. The van der Waals surface area contributed by atoms with Crippen LogP contribution in [0.2, 0.25) is 0 Å². The number of nitrogens with zero attached hydrogens (tertiary/aromatic N) is 1. The van der Waals surface area contributed by atoms with Crippen molar-refractivity contribution in [2.24, 2.45) is 0 Å². The predicted octanol–water partition coefficient (Wildman–Crippen LogP) is 2.24. The molecule has 0 saturated carbocycles. The second kappa shape index (κ2) is 6.00. The number of rotatable bonds is 6. The average Bonchev–Trinajstić information content (AvgIpc) is 2.28. The number of hydrogen-bond donors (Lipinski definition) is 0. The number of nitro groups is 1. The molecule has 0 aliphatic rings. The fourth-order valence-electron chi connectivity index (χ4n) is 1.57. The third kappa shape index (κ3) is 3.46. The van der Waals surface area contributed by atoms with Gasteiger partial charge in [0.2, 0.25) is 5.78 Å². The number of ketones is 1. The minimum atomic E-state index is -1.04. The van der Waals surface area contributed by atoms with Gasteiger partial charge in [-0.05, 0) is 12.0 Å². The van der Waals surface area contributed by atoms with Crippen molar-refractivity contribution in [3.63, 3.8) is 0 Å². The molecular formula is C12H15NO3. The molecule has 0 bridgehead atoms. The Morgan fingerprint density at radius 2 is 2.00 bits per heavy atom. The van der Waals surface area contributed by atoms with E-state index in [-0.39, 0.29) is 18.6 Å². The highest BCUT2D eigenvalue weighted by Crippen LogP contribution is 2.07. The quantitative estimate of drug-likeness (QED) is 0.546. The van der Waals surface area contributed by atoms with Crippen molar-refractivity contribution in [3.8, 4) is 0 Å². The second-order valence-electron chi connectivity index (χ2n) is 3.66. The summed E-state index contributed by atoms with van der Waals surface area (Å²) in [7, 11) is 0. The minimum absolute atomic E-state index is 0.240. The summed E-state index contributed by atoms with van der Waals surface area (Å²) in [6.07, 6.45) is 1.08. The van der Waals surface area contributed by atoms with Crippen molar-refractivity contribution in [1.29, 1.82) is 0 Å². The molecule has 16 heavy (non-hydrogen) atoms. The molecule has 0 radical (unpaired) electrons. The standard InChI is InChI=1S/C12H15NO3/c1-2-11(13(15)16)12(14)9-8-10-6-4-3-5-7-10/h3-7,11H,2,8-9H2,1H3. The summed E-state index contributed by atoms with van der Waals surface area (Å²) in [6.45, 7) is 1.66. The Bertz CT molecular complexity index is 362. The van der Waals surface area contributed by atoms with Crippen LogP contribution < -0.4 is 0 Å². The summed E-state index contributed by atoms with van der Waals surface area (Å²) in [5, 5.41) is 10.6. The average molecular weight is 221 g/mol. The first-order valence-corrected chi connectivity index (χ1v) is 5.35. The molecule has 1 rings (SSSR count). The molecule has 0 aliphatic heterocycles. The van der Waals surface area contributed by atoms with Crippen molar-refractivity contribution >= 4 is 5.78 Å². The Morgan fingerprint density at radius 3 is 2.50 bits per heavy atom. The van der Waals surface area contributed by atoms with Crippen LogP contribution in [0.25, 0.3) is 0 Å². The third-order valence-electron chi connectivity index (χ3n) is 2.52. The Hall–Kier alpha value is -1.71. The predicted molar refractivity (Wildman–Crippen MR) is 60.8 cm³/mol. The van der Waals surface area contributed by atoms with Crippen molar-refractivity contribution in [2.45, 2.75) is 32.2 Å². The van der Waals surface area contributed by atoms with Gasteiger partial charge in [0.15, 0.2) is 0 Å². The van der Waals surface area contributed by atoms with Crippen LogP contribution >= 0.6 is 0 Å². The molecule has 0 heterocycles. The molecule has 4 heteroatoms. The zero-order valence-corrected chi connectivity index (χ0v) is 9.26. The molecule has 0 saturated heterocycles. The molecule has 0 fully saturated rings. The van der Waals surface area contributed by atoms with E-state index >= 15 is 0 Å². The SMILES string of the molecule is CCC(C(=O)CCc1ccccc1)[N+](=O)[O-]. The van der Waals surface area contributed by atoms with E-state index in [1.54, 1.807) is 6.92 Å². The Labute approximate surface area is 94.4 Å².